The maximum Gasteiger partial charge on any atom is 0.237 e. The van der Waals surface area contributed by atoms with Crippen molar-refractivity contribution in [3.05, 3.63) is 48.0 Å². The van der Waals surface area contributed by atoms with Crippen molar-refractivity contribution in [1.82, 2.24) is 10.2 Å². The van der Waals surface area contributed by atoms with Gasteiger partial charge in [0.2, 0.25) is 5.91 Å². The molecular formula is C26H36N2O5. The van der Waals surface area contributed by atoms with E-state index in [9.17, 15) is 4.79 Å². The Hall–Kier alpha value is -2.93. The van der Waals surface area contributed by atoms with Gasteiger partial charge < -0.3 is 24.3 Å². The number of hydrogen-bond acceptors (Lipinski definition) is 6. The van der Waals surface area contributed by atoms with Crippen molar-refractivity contribution < 1.29 is 23.7 Å². The van der Waals surface area contributed by atoms with Gasteiger partial charge in [-0.2, -0.15) is 0 Å². The minimum absolute atomic E-state index is 0.0523. The Kier molecular flexibility index (Phi) is 9.24. The number of nitrogens with zero attached hydrogens (tertiary/aromatic N) is 1. The van der Waals surface area contributed by atoms with Crippen molar-refractivity contribution in [2.75, 3.05) is 40.5 Å². The predicted octanol–water partition coefficient (Wildman–Crippen LogP) is 3.69. The Bertz CT molecular complexity index is 896. The van der Waals surface area contributed by atoms with Crippen LogP contribution in [-0.2, 0) is 11.2 Å². The van der Waals surface area contributed by atoms with E-state index in [1.807, 2.05) is 56.3 Å². The number of benzene rings is 2. The molecule has 1 N–H and O–H groups in total. The zero-order chi connectivity index (χ0) is 23.6. The van der Waals surface area contributed by atoms with Gasteiger partial charge in [-0.15, -0.1) is 0 Å². The maximum atomic E-state index is 12.7. The summed E-state index contributed by atoms with van der Waals surface area (Å²) in [6, 6.07) is 13.4. The SMILES string of the molecule is CCOc1ccccc1OC1CCN(C(C)C(=O)NCCc2ccc(OC)c(OC)c2)CC1. The molecule has 7 heteroatoms. The van der Waals surface area contributed by atoms with Crippen molar-refractivity contribution in [2.45, 2.75) is 45.3 Å². The van der Waals surface area contributed by atoms with Gasteiger partial charge in [-0.3, -0.25) is 9.69 Å². The van der Waals surface area contributed by atoms with E-state index in [0.29, 0.717) is 24.7 Å². The Morgan fingerprint density at radius 2 is 1.73 bits per heavy atom. The zero-order valence-corrected chi connectivity index (χ0v) is 20.1. The Labute approximate surface area is 197 Å². The molecule has 2 aromatic carbocycles. The van der Waals surface area contributed by atoms with Crippen molar-refractivity contribution >= 4 is 5.91 Å². The van der Waals surface area contributed by atoms with Gasteiger partial charge in [0.15, 0.2) is 23.0 Å². The first-order chi connectivity index (χ1) is 16.0. The summed E-state index contributed by atoms with van der Waals surface area (Å²) in [7, 11) is 3.24. The Morgan fingerprint density at radius 1 is 1.03 bits per heavy atom. The van der Waals surface area contributed by atoms with E-state index in [0.717, 1.165) is 49.4 Å². The molecule has 2 aromatic rings. The van der Waals surface area contributed by atoms with E-state index in [1.165, 1.54) is 0 Å². The van der Waals surface area contributed by atoms with Gasteiger partial charge >= 0.3 is 0 Å². The van der Waals surface area contributed by atoms with Crippen LogP contribution in [0.5, 0.6) is 23.0 Å². The molecule has 3 rings (SSSR count). The number of carbonyl (C=O) groups is 1. The molecule has 1 unspecified atom stereocenters. The monoisotopic (exact) mass is 456 g/mol. The van der Waals surface area contributed by atoms with Crippen molar-refractivity contribution in [1.29, 1.82) is 0 Å². The van der Waals surface area contributed by atoms with Gasteiger partial charge in [-0.1, -0.05) is 18.2 Å². The fourth-order valence-corrected chi connectivity index (χ4v) is 4.06. The lowest BCUT2D eigenvalue weighted by molar-refractivity contribution is -0.126. The molecule has 1 fully saturated rings. The van der Waals surface area contributed by atoms with E-state index >= 15 is 0 Å². The smallest absolute Gasteiger partial charge is 0.237 e. The molecule has 0 bridgehead atoms. The summed E-state index contributed by atoms with van der Waals surface area (Å²) in [6.45, 7) is 6.77. The summed E-state index contributed by atoms with van der Waals surface area (Å²) in [4.78, 5) is 14.9. The number of piperidine rings is 1. The second-order valence-electron chi connectivity index (χ2n) is 8.14. The standard InChI is InChI=1S/C26H36N2O5/c1-5-32-23-8-6-7-9-24(23)33-21-13-16-28(17-14-21)19(2)26(29)27-15-12-20-10-11-22(30-3)25(18-20)31-4/h6-11,18-19,21H,5,12-17H2,1-4H3,(H,27,29). The van der Waals surface area contributed by atoms with E-state index in [2.05, 4.69) is 10.2 Å². The highest BCUT2D eigenvalue weighted by atomic mass is 16.5. The molecule has 1 saturated heterocycles. The molecule has 1 aliphatic heterocycles. The topological polar surface area (TPSA) is 69.3 Å². The number of nitrogens with one attached hydrogen (secondary N) is 1. The molecule has 0 aromatic heterocycles. The quantitative estimate of drug-likeness (QED) is 0.556. The van der Waals surface area contributed by atoms with Gasteiger partial charge in [0.05, 0.1) is 26.9 Å². The third kappa shape index (κ3) is 6.78. The lowest BCUT2D eigenvalue weighted by Crippen LogP contribution is -2.50. The van der Waals surface area contributed by atoms with Crippen molar-refractivity contribution in [3.8, 4) is 23.0 Å². The first-order valence-corrected chi connectivity index (χ1v) is 11.7. The van der Waals surface area contributed by atoms with Crippen LogP contribution >= 0.6 is 0 Å². The molecule has 0 saturated carbocycles. The molecule has 1 aliphatic rings. The summed E-state index contributed by atoms with van der Waals surface area (Å²) in [5, 5.41) is 3.07. The lowest BCUT2D eigenvalue weighted by atomic mass is 10.1. The Balaban J connectivity index is 1.43. The highest BCUT2D eigenvalue weighted by Gasteiger charge is 2.27. The molecule has 1 atom stereocenters. The highest BCUT2D eigenvalue weighted by molar-refractivity contribution is 5.81. The number of amides is 1. The second-order valence-corrected chi connectivity index (χ2v) is 8.14. The fraction of sp³-hybridized carbons (Fsp3) is 0.500. The van der Waals surface area contributed by atoms with E-state index in [-0.39, 0.29) is 18.1 Å². The molecular weight excluding hydrogens is 420 g/mol. The number of para-hydroxylation sites is 2. The zero-order valence-electron chi connectivity index (χ0n) is 20.1. The van der Waals surface area contributed by atoms with Crippen LogP contribution in [0.4, 0.5) is 0 Å². The first-order valence-electron chi connectivity index (χ1n) is 11.7. The third-order valence-corrected chi connectivity index (χ3v) is 6.01. The molecule has 180 valence electrons. The maximum absolute atomic E-state index is 12.7. The normalized spacial score (nSPS) is 15.5. The van der Waals surface area contributed by atoms with Crippen LogP contribution in [0.1, 0.15) is 32.3 Å². The number of likely N-dealkylation sites (tertiary alicyclic amines) is 1. The number of methoxy groups -OCH3 is 2. The summed E-state index contributed by atoms with van der Waals surface area (Å²) < 4.78 is 22.5. The summed E-state index contributed by atoms with van der Waals surface area (Å²) >= 11 is 0. The van der Waals surface area contributed by atoms with Crippen LogP contribution < -0.4 is 24.3 Å². The van der Waals surface area contributed by atoms with E-state index < -0.39 is 0 Å². The van der Waals surface area contributed by atoms with Gasteiger partial charge in [0.1, 0.15) is 6.10 Å². The summed E-state index contributed by atoms with van der Waals surface area (Å²) in [6.07, 6.45) is 2.62. The second kappa shape index (κ2) is 12.3. The average molecular weight is 457 g/mol. The Morgan fingerprint density at radius 3 is 2.39 bits per heavy atom. The minimum Gasteiger partial charge on any atom is -0.493 e. The van der Waals surface area contributed by atoms with Crippen LogP contribution in [-0.4, -0.2) is 63.4 Å². The molecule has 7 nitrogen and oxygen atoms in total. The molecule has 1 amide bonds. The molecule has 1 heterocycles. The van der Waals surface area contributed by atoms with Crippen LogP contribution in [0.3, 0.4) is 0 Å². The first kappa shape index (κ1) is 24.7. The van der Waals surface area contributed by atoms with Gasteiger partial charge in [-0.05, 0) is 62.9 Å². The van der Waals surface area contributed by atoms with Gasteiger partial charge in [0.25, 0.3) is 0 Å². The van der Waals surface area contributed by atoms with Crippen LogP contribution in [0.2, 0.25) is 0 Å². The number of carbonyl (C=O) groups excluding carboxylic acids is 1. The van der Waals surface area contributed by atoms with Crippen LogP contribution in [0.25, 0.3) is 0 Å². The largest absolute Gasteiger partial charge is 0.493 e. The molecule has 0 aliphatic carbocycles. The molecule has 33 heavy (non-hydrogen) atoms. The molecule has 0 spiro atoms. The number of rotatable bonds is 11. The number of hydrogen-bond donors (Lipinski definition) is 1. The van der Waals surface area contributed by atoms with Gasteiger partial charge in [0, 0.05) is 19.6 Å². The predicted molar refractivity (Wildman–Crippen MR) is 129 cm³/mol. The number of ether oxygens (including phenoxy) is 4. The summed E-state index contributed by atoms with van der Waals surface area (Å²) in [5.74, 6) is 3.02. The van der Waals surface area contributed by atoms with Crippen molar-refractivity contribution in [3.63, 3.8) is 0 Å². The lowest BCUT2D eigenvalue weighted by Gasteiger charge is -2.35. The van der Waals surface area contributed by atoms with Crippen molar-refractivity contribution in [2.24, 2.45) is 0 Å². The van der Waals surface area contributed by atoms with E-state index in [4.69, 9.17) is 18.9 Å². The van der Waals surface area contributed by atoms with Crippen LogP contribution in [0, 0.1) is 0 Å². The third-order valence-electron chi connectivity index (χ3n) is 6.01. The summed E-state index contributed by atoms with van der Waals surface area (Å²) in [5.41, 5.74) is 1.09. The molecule has 0 radical (unpaired) electrons. The highest BCUT2D eigenvalue weighted by Crippen LogP contribution is 2.30. The van der Waals surface area contributed by atoms with E-state index in [1.54, 1.807) is 14.2 Å². The minimum atomic E-state index is -0.174. The fourth-order valence-electron chi connectivity index (χ4n) is 4.06. The van der Waals surface area contributed by atoms with Gasteiger partial charge in [-0.25, -0.2) is 0 Å². The average Bonchev–Trinajstić information content (AvgIpc) is 2.85. The van der Waals surface area contributed by atoms with Crippen LogP contribution in [0.15, 0.2) is 42.5 Å².